The number of hydrogen-bond acceptors (Lipinski definition) is 6. The van der Waals surface area contributed by atoms with Crippen LogP contribution in [-0.2, 0) is 9.05 Å². The van der Waals surface area contributed by atoms with Crippen LogP contribution in [0.4, 0.5) is 5.69 Å². The molecule has 0 aliphatic heterocycles. The number of rotatable bonds is 4. The number of nitrogens with zero attached hydrogens (tertiary/aromatic N) is 1. The number of benzene rings is 1. The lowest BCUT2D eigenvalue weighted by Gasteiger charge is -2.07. The highest BCUT2D eigenvalue weighted by molar-refractivity contribution is 8.13. The number of carbonyl (C=O) groups is 1. The van der Waals surface area contributed by atoms with Crippen molar-refractivity contribution in [3.05, 3.63) is 27.8 Å². The number of hydrogen-bond donors (Lipinski definition) is 1. The van der Waals surface area contributed by atoms with Crippen molar-refractivity contribution < 1.29 is 22.9 Å². The van der Waals surface area contributed by atoms with Crippen molar-refractivity contribution in [1.82, 2.24) is 0 Å². The average Bonchev–Trinajstić information content (AvgIpc) is 2.25. The lowest BCUT2D eigenvalue weighted by molar-refractivity contribution is -0.386. The molecular weight excluding hydrogens is 288 g/mol. The zero-order valence-corrected chi connectivity index (χ0v) is 10.5. The molecule has 0 fully saturated rings. The summed E-state index contributed by atoms with van der Waals surface area (Å²) in [5, 5.41) is 10.8. The highest BCUT2D eigenvalue weighted by Gasteiger charge is 2.28. The van der Waals surface area contributed by atoms with E-state index in [0.29, 0.717) is 0 Å². The second-order valence-corrected chi connectivity index (χ2v) is 5.62. The topological polar surface area (TPSA) is 130 Å². The van der Waals surface area contributed by atoms with Crippen molar-refractivity contribution in [1.29, 1.82) is 0 Å². The minimum atomic E-state index is -4.32. The number of ether oxygens (including phenoxy) is 1. The molecule has 0 heterocycles. The molecule has 0 saturated heterocycles. The molecule has 0 aliphatic carbocycles. The van der Waals surface area contributed by atoms with Gasteiger partial charge in [0.15, 0.2) is 0 Å². The number of halogens is 1. The van der Waals surface area contributed by atoms with Crippen LogP contribution in [0.2, 0.25) is 0 Å². The summed E-state index contributed by atoms with van der Waals surface area (Å²) in [4.78, 5) is 20.2. The van der Waals surface area contributed by atoms with E-state index in [0.717, 1.165) is 19.2 Å². The van der Waals surface area contributed by atoms with Crippen molar-refractivity contribution in [2.75, 3.05) is 7.11 Å². The molecule has 0 atom stereocenters. The molecule has 0 bridgehead atoms. The lowest BCUT2D eigenvalue weighted by Crippen LogP contribution is -2.13. The fraction of sp³-hybridized carbons (Fsp3) is 0.125. The zero-order chi connectivity index (χ0) is 14.1. The fourth-order valence-corrected chi connectivity index (χ4v) is 2.27. The molecule has 2 N–H and O–H groups in total. The number of nitro benzene ring substituents is 1. The van der Waals surface area contributed by atoms with Crippen molar-refractivity contribution in [3.8, 4) is 5.75 Å². The summed E-state index contributed by atoms with van der Waals surface area (Å²) in [5.74, 6) is -1.58. The number of primary amides is 1. The number of amides is 1. The second-order valence-electron chi connectivity index (χ2n) is 3.09. The van der Waals surface area contributed by atoms with E-state index < -0.39 is 36.2 Å². The minimum absolute atomic E-state index is 0.360. The third-order valence-corrected chi connectivity index (χ3v) is 3.31. The summed E-state index contributed by atoms with van der Waals surface area (Å²) in [7, 11) is 1.83. The number of methoxy groups -OCH3 is 1. The third kappa shape index (κ3) is 2.68. The standard InChI is InChI=1S/C8H7ClN2O6S/c1-17-7-5(11(13)14)2-4(8(10)12)3-6(7)18(9,15)16/h2-3H,1H3,(H2,10,12). The van der Waals surface area contributed by atoms with Crippen LogP contribution in [0, 0.1) is 10.1 Å². The Hall–Kier alpha value is -1.87. The van der Waals surface area contributed by atoms with E-state index in [1.54, 1.807) is 0 Å². The monoisotopic (exact) mass is 294 g/mol. The molecule has 1 amide bonds. The van der Waals surface area contributed by atoms with Crippen molar-refractivity contribution >= 4 is 31.3 Å². The van der Waals surface area contributed by atoms with Crippen LogP contribution in [-0.4, -0.2) is 26.4 Å². The summed E-state index contributed by atoms with van der Waals surface area (Å²) in [6, 6.07) is 1.63. The average molecular weight is 295 g/mol. The van der Waals surface area contributed by atoms with E-state index in [9.17, 15) is 23.3 Å². The molecule has 0 saturated carbocycles. The number of nitrogens with two attached hydrogens (primary N) is 1. The van der Waals surface area contributed by atoms with Gasteiger partial charge in [-0.3, -0.25) is 14.9 Å². The first-order chi connectivity index (χ1) is 8.18. The van der Waals surface area contributed by atoms with Gasteiger partial charge in [0.25, 0.3) is 9.05 Å². The Bertz CT molecular complexity index is 627. The van der Waals surface area contributed by atoms with E-state index in [-0.39, 0.29) is 5.56 Å². The van der Waals surface area contributed by atoms with E-state index >= 15 is 0 Å². The van der Waals surface area contributed by atoms with Crippen LogP contribution < -0.4 is 10.5 Å². The van der Waals surface area contributed by atoms with Gasteiger partial charge in [0.1, 0.15) is 4.90 Å². The molecule has 1 rings (SSSR count). The Morgan fingerprint density at radius 2 is 2.06 bits per heavy atom. The normalized spacial score (nSPS) is 11.0. The van der Waals surface area contributed by atoms with Gasteiger partial charge >= 0.3 is 5.69 Å². The maximum atomic E-state index is 11.3. The van der Waals surface area contributed by atoms with Gasteiger partial charge in [-0.15, -0.1) is 0 Å². The summed E-state index contributed by atoms with van der Waals surface area (Å²) >= 11 is 0. The molecule has 98 valence electrons. The van der Waals surface area contributed by atoms with Crippen molar-refractivity contribution in [2.24, 2.45) is 5.73 Å². The molecule has 0 aliphatic rings. The fourth-order valence-electron chi connectivity index (χ4n) is 1.25. The Balaban J connectivity index is 3.78. The molecule has 8 nitrogen and oxygen atoms in total. The maximum Gasteiger partial charge on any atom is 0.313 e. The van der Waals surface area contributed by atoms with Gasteiger partial charge in [0.05, 0.1) is 12.0 Å². The third-order valence-electron chi connectivity index (χ3n) is 1.98. The first-order valence-electron chi connectivity index (χ1n) is 4.29. The van der Waals surface area contributed by atoms with E-state index in [1.165, 1.54) is 0 Å². The van der Waals surface area contributed by atoms with Crippen LogP contribution in [0.15, 0.2) is 17.0 Å². The number of carbonyl (C=O) groups excluding carboxylic acids is 1. The molecule has 10 heteroatoms. The maximum absolute atomic E-state index is 11.3. The lowest BCUT2D eigenvalue weighted by atomic mass is 10.2. The molecule has 0 aromatic heterocycles. The highest BCUT2D eigenvalue weighted by atomic mass is 35.7. The zero-order valence-electron chi connectivity index (χ0n) is 8.91. The van der Waals surface area contributed by atoms with Crippen LogP contribution in [0.5, 0.6) is 5.75 Å². The van der Waals surface area contributed by atoms with Gasteiger partial charge in [-0.1, -0.05) is 0 Å². The van der Waals surface area contributed by atoms with E-state index in [1.807, 2.05) is 0 Å². The molecule has 0 spiro atoms. The Kier molecular flexibility index (Phi) is 3.77. The predicted molar refractivity (Wildman–Crippen MR) is 61.2 cm³/mol. The van der Waals surface area contributed by atoms with Gasteiger partial charge in [-0.25, -0.2) is 8.42 Å². The first kappa shape index (κ1) is 14.2. The summed E-state index contributed by atoms with van der Waals surface area (Å²) in [6.45, 7) is 0. The van der Waals surface area contributed by atoms with E-state index in [4.69, 9.17) is 16.4 Å². The minimum Gasteiger partial charge on any atom is -0.489 e. The largest absolute Gasteiger partial charge is 0.489 e. The molecule has 1 aromatic rings. The predicted octanol–water partition coefficient (Wildman–Crippen LogP) is 0.630. The van der Waals surface area contributed by atoms with Gasteiger partial charge in [0.2, 0.25) is 11.7 Å². The molecule has 0 radical (unpaired) electrons. The van der Waals surface area contributed by atoms with E-state index in [2.05, 4.69) is 4.74 Å². The van der Waals surface area contributed by atoms with Gasteiger partial charge in [-0.2, -0.15) is 0 Å². The molecule has 1 aromatic carbocycles. The van der Waals surface area contributed by atoms with Crippen LogP contribution in [0.1, 0.15) is 10.4 Å². The molecule has 0 unspecified atom stereocenters. The molecular formula is C8H7ClN2O6S. The summed E-state index contributed by atoms with van der Waals surface area (Å²) in [5.41, 5.74) is 3.87. The second kappa shape index (κ2) is 4.78. The Morgan fingerprint density at radius 3 is 2.39 bits per heavy atom. The quantitative estimate of drug-likeness (QED) is 0.492. The first-order valence-corrected chi connectivity index (χ1v) is 6.60. The van der Waals surface area contributed by atoms with Gasteiger partial charge < -0.3 is 10.5 Å². The SMILES string of the molecule is COc1c([N+](=O)[O-])cc(C(N)=O)cc1S(=O)(=O)Cl. The summed E-state index contributed by atoms with van der Waals surface area (Å²) < 4.78 is 27.2. The Labute approximate surface area is 106 Å². The van der Waals surface area contributed by atoms with Gasteiger partial charge in [0, 0.05) is 22.3 Å². The van der Waals surface area contributed by atoms with Crippen molar-refractivity contribution in [2.45, 2.75) is 4.90 Å². The molecule has 18 heavy (non-hydrogen) atoms. The van der Waals surface area contributed by atoms with Crippen LogP contribution in [0.3, 0.4) is 0 Å². The Morgan fingerprint density at radius 1 is 1.50 bits per heavy atom. The van der Waals surface area contributed by atoms with Crippen LogP contribution >= 0.6 is 10.7 Å². The van der Waals surface area contributed by atoms with Gasteiger partial charge in [-0.05, 0) is 6.07 Å². The smallest absolute Gasteiger partial charge is 0.313 e. The summed E-state index contributed by atoms with van der Waals surface area (Å²) in [6.07, 6.45) is 0. The van der Waals surface area contributed by atoms with Crippen molar-refractivity contribution in [3.63, 3.8) is 0 Å². The highest BCUT2D eigenvalue weighted by Crippen LogP contribution is 2.36. The number of nitro groups is 1. The van der Waals surface area contributed by atoms with Crippen LogP contribution in [0.25, 0.3) is 0 Å².